The number of halogens is 1. The number of aryl methyl sites for hydroxylation is 1. The van der Waals surface area contributed by atoms with Crippen molar-refractivity contribution in [3.8, 4) is 11.3 Å². The first-order valence-electron chi connectivity index (χ1n) is 9.29. The van der Waals surface area contributed by atoms with Crippen LogP contribution in [-0.2, 0) is 21.4 Å². The Morgan fingerprint density at radius 2 is 1.83 bits per heavy atom. The number of ether oxygens (including phenoxy) is 1. The minimum Gasteiger partial charge on any atom is -0.455 e. The van der Waals surface area contributed by atoms with Crippen molar-refractivity contribution in [2.24, 2.45) is 7.05 Å². The summed E-state index contributed by atoms with van der Waals surface area (Å²) in [6, 6.07) is 18.4. The van der Waals surface area contributed by atoms with Crippen LogP contribution in [0.1, 0.15) is 24.8 Å². The standard InChI is InChI=1S/C22H22ClN3O3/c1-3-18(15-7-5-4-6-8-15)22(28)29-14-21(27)24-20-13-19(25-26(20)2)16-9-11-17(23)12-10-16/h4-13,18H,3,14H2,1-2H3,(H,24,27)/t18-/m1/s1. The predicted octanol–water partition coefficient (Wildman–Crippen LogP) is 4.42. The highest BCUT2D eigenvalue weighted by Crippen LogP contribution is 2.23. The summed E-state index contributed by atoms with van der Waals surface area (Å²) in [5, 5.41) is 7.75. The molecule has 0 unspecified atom stereocenters. The first-order chi connectivity index (χ1) is 14.0. The molecule has 0 aliphatic rings. The van der Waals surface area contributed by atoms with E-state index in [1.54, 1.807) is 29.9 Å². The lowest BCUT2D eigenvalue weighted by Crippen LogP contribution is -2.24. The van der Waals surface area contributed by atoms with Gasteiger partial charge in [-0.2, -0.15) is 5.10 Å². The second-order valence-electron chi connectivity index (χ2n) is 6.57. The molecule has 2 aromatic carbocycles. The zero-order valence-electron chi connectivity index (χ0n) is 16.3. The highest BCUT2D eigenvalue weighted by atomic mass is 35.5. The zero-order valence-corrected chi connectivity index (χ0v) is 17.0. The van der Waals surface area contributed by atoms with Crippen LogP contribution >= 0.6 is 11.6 Å². The number of aromatic nitrogens is 2. The van der Waals surface area contributed by atoms with Gasteiger partial charge in [0.25, 0.3) is 5.91 Å². The van der Waals surface area contributed by atoms with Gasteiger partial charge in [-0.05, 0) is 24.1 Å². The number of hydrogen-bond donors (Lipinski definition) is 1. The third-order valence-corrected chi connectivity index (χ3v) is 4.78. The molecule has 3 aromatic rings. The molecule has 0 aliphatic carbocycles. The Morgan fingerprint density at radius 1 is 1.14 bits per heavy atom. The molecule has 0 bridgehead atoms. The number of anilines is 1. The van der Waals surface area contributed by atoms with Gasteiger partial charge in [0.2, 0.25) is 0 Å². The highest BCUT2D eigenvalue weighted by Gasteiger charge is 2.21. The van der Waals surface area contributed by atoms with Crippen molar-refractivity contribution in [1.29, 1.82) is 0 Å². The molecule has 0 radical (unpaired) electrons. The van der Waals surface area contributed by atoms with E-state index < -0.39 is 17.8 Å². The third kappa shape index (κ3) is 5.23. The molecular formula is C22H22ClN3O3. The van der Waals surface area contributed by atoms with Crippen LogP contribution in [0.15, 0.2) is 60.7 Å². The molecular weight excluding hydrogens is 390 g/mol. The van der Waals surface area contributed by atoms with Crippen LogP contribution in [0.2, 0.25) is 5.02 Å². The van der Waals surface area contributed by atoms with Crippen molar-refractivity contribution >= 4 is 29.3 Å². The van der Waals surface area contributed by atoms with Crippen molar-refractivity contribution in [3.63, 3.8) is 0 Å². The summed E-state index contributed by atoms with van der Waals surface area (Å²) in [4.78, 5) is 24.6. The topological polar surface area (TPSA) is 73.2 Å². The zero-order chi connectivity index (χ0) is 20.8. The quantitative estimate of drug-likeness (QED) is 0.584. The number of hydrogen-bond acceptors (Lipinski definition) is 4. The van der Waals surface area contributed by atoms with Crippen LogP contribution in [0.5, 0.6) is 0 Å². The van der Waals surface area contributed by atoms with E-state index in [1.807, 2.05) is 49.4 Å². The number of benzene rings is 2. The Kier molecular flexibility index (Phi) is 6.67. The number of nitrogens with one attached hydrogen (secondary N) is 1. The fourth-order valence-electron chi connectivity index (χ4n) is 2.99. The van der Waals surface area contributed by atoms with Gasteiger partial charge < -0.3 is 10.1 Å². The molecule has 0 spiro atoms. The number of carbonyl (C=O) groups is 2. The predicted molar refractivity (Wildman–Crippen MR) is 113 cm³/mol. The van der Waals surface area contributed by atoms with E-state index in [2.05, 4.69) is 10.4 Å². The van der Waals surface area contributed by atoms with Crippen molar-refractivity contribution in [3.05, 3.63) is 71.2 Å². The molecule has 150 valence electrons. The minimum absolute atomic E-state index is 0.358. The number of nitrogens with zero attached hydrogens (tertiary/aromatic N) is 2. The fraction of sp³-hybridized carbons (Fsp3) is 0.227. The smallest absolute Gasteiger partial charge is 0.313 e. The van der Waals surface area contributed by atoms with Crippen LogP contribution in [-0.4, -0.2) is 28.3 Å². The normalized spacial score (nSPS) is 11.7. The molecule has 1 N–H and O–H groups in total. The van der Waals surface area contributed by atoms with Crippen LogP contribution in [0.4, 0.5) is 5.82 Å². The largest absolute Gasteiger partial charge is 0.455 e. The van der Waals surface area contributed by atoms with Gasteiger partial charge in [0, 0.05) is 23.7 Å². The summed E-state index contributed by atoms with van der Waals surface area (Å²) < 4.78 is 6.79. The summed E-state index contributed by atoms with van der Waals surface area (Å²) in [5.74, 6) is -0.726. The van der Waals surface area contributed by atoms with Crippen molar-refractivity contribution in [2.75, 3.05) is 11.9 Å². The van der Waals surface area contributed by atoms with Crippen LogP contribution in [0.25, 0.3) is 11.3 Å². The maximum absolute atomic E-state index is 12.4. The maximum Gasteiger partial charge on any atom is 0.313 e. The number of carbonyl (C=O) groups excluding carboxylic acids is 2. The minimum atomic E-state index is -0.424. The SMILES string of the molecule is CC[C@@H](C(=O)OCC(=O)Nc1cc(-c2ccc(Cl)cc2)nn1C)c1ccccc1. The molecule has 1 atom stereocenters. The molecule has 29 heavy (non-hydrogen) atoms. The first-order valence-corrected chi connectivity index (χ1v) is 9.67. The average Bonchev–Trinajstić information content (AvgIpc) is 3.08. The Balaban J connectivity index is 1.59. The monoisotopic (exact) mass is 411 g/mol. The molecule has 1 aromatic heterocycles. The molecule has 7 heteroatoms. The van der Waals surface area contributed by atoms with Gasteiger partial charge in [0.15, 0.2) is 6.61 Å². The molecule has 0 saturated heterocycles. The van der Waals surface area contributed by atoms with E-state index in [0.717, 1.165) is 11.1 Å². The van der Waals surface area contributed by atoms with Crippen molar-refractivity contribution < 1.29 is 14.3 Å². The molecule has 1 heterocycles. The Morgan fingerprint density at radius 3 is 2.48 bits per heavy atom. The van der Waals surface area contributed by atoms with Crippen LogP contribution in [0, 0.1) is 0 Å². The van der Waals surface area contributed by atoms with Gasteiger partial charge in [0.1, 0.15) is 5.82 Å². The summed E-state index contributed by atoms with van der Waals surface area (Å²) >= 11 is 5.91. The molecule has 0 fully saturated rings. The Bertz CT molecular complexity index is 984. The Hall–Kier alpha value is -3.12. The van der Waals surface area contributed by atoms with E-state index in [4.69, 9.17) is 16.3 Å². The van der Waals surface area contributed by atoms with Gasteiger partial charge in [-0.25, -0.2) is 0 Å². The molecule has 1 amide bonds. The second kappa shape index (κ2) is 9.39. The second-order valence-corrected chi connectivity index (χ2v) is 7.01. The summed E-state index contributed by atoms with van der Waals surface area (Å²) in [6.07, 6.45) is 0.594. The molecule has 0 saturated carbocycles. The summed E-state index contributed by atoms with van der Waals surface area (Å²) in [5.41, 5.74) is 2.46. The van der Waals surface area contributed by atoms with E-state index >= 15 is 0 Å². The van der Waals surface area contributed by atoms with Crippen molar-refractivity contribution in [2.45, 2.75) is 19.3 Å². The lowest BCUT2D eigenvalue weighted by Gasteiger charge is -2.14. The van der Waals surface area contributed by atoms with E-state index in [0.29, 0.717) is 23.0 Å². The lowest BCUT2D eigenvalue weighted by molar-refractivity contribution is -0.149. The number of esters is 1. The van der Waals surface area contributed by atoms with E-state index in [9.17, 15) is 9.59 Å². The van der Waals surface area contributed by atoms with Gasteiger partial charge in [0.05, 0.1) is 11.6 Å². The van der Waals surface area contributed by atoms with Gasteiger partial charge >= 0.3 is 5.97 Å². The molecule has 0 aliphatic heterocycles. The summed E-state index contributed by atoms with van der Waals surface area (Å²) in [6.45, 7) is 1.55. The number of rotatable bonds is 7. The van der Waals surface area contributed by atoms with Crippen molar-refractivity contribution in [1.82, 2.24) is 9.78 Å². The Labute approximate surface area is 174 Å². The maximum atomic E-state index is 12.4. The third-order valence-electron chi connectivity index (χ3n) is 4.53. The van der Waals surface area contributed by atoms with E-state index in [1.165, 1.54) is 0 Å². The highest BCUT2D eigenvalue weighted by molar-refractivity contribution is 6.30. The first kappa shape index (κ1) is 20.6. The van der Waals surface area contributed by atoms with Crippen LogP contribution < -0.4 is 5.32 Å². The van der Waals surface area contributed by atoms with Gasteiger partial charge in [-0.3, -0.25) is 14.3 Å². The number of amides is 1. The van der Waals surface area contributed by atoms with Gasteiger partial charge in [-0.15, -0.1) is 0 Å². The summed E-state index contributed by atoms with van der Waals surface area (Å²) in [7, 11) is 1.73. The van der Waals surface area contributed by atoms with Gasteiger partial charge in [-0.1, -0.05) is 61.0 Å². The average molecular weight is 412 g/mol. The molecule has 3 rings (SSSR count). The molecule has 6 nitrogen and oxygen atoms in total. The van der Waals surface area contributed by atoms with Crippen LogP contribution in [0.3, 0.4) is 0 Å². The fourth-order valence-corrected chi connectivity index (χ4v) is 3.11. The van der Waals surface area contributed by atoms with E-state index in [-0.39, 0.29) is 6.61 Å². The lowest BCUT2D eigenvalue weighted by atomic mass is 9.97.